The minimum Gasteiger partial charge on any atom is -0.502 e. The first-order valence-corrected chi connectivity index (χ1v) is 10.7. The Bertz CT molecular complexity index is 1160. The van der Waals surface area contributed by atoms with Crippen LogP contribution in [0.2, 0.25) is 10.0 Å². The molecule has 0 saturated carbocycles. The summed E-state index contributed by atoms with van der Waals surface area (Å²) in [6.45, 7) is 4.12. The molecule has 160 valence electrons. The molecule has 1 aromatic heterocycles. The molecule has 6 nitrogen and oxygen atoms in total. The van der Waals surface area contributed by atoms with E-state index in [1.54, 1.807) is 17.0 Å². The van der Waals surface area contributed by atoms with Gasteiger partial charge in [0.25, 0.3) is 5.91 Å². The number of rotatable bonds is 4. The number of carbonyl (C=O) groups is 1. The lowest BCUT2D eigenvalue weighted by Crippen LogP contribution is -2.49. The summed E-state index contributed by atoms with van der Waals surface area (Å²) < 4.78 is 1.46. The Morgan fingerprint density at radius 3 is 2.13 bits per heavy atom. The first-order valence-electron chi connectivity index (χ1n) is 9.90. The molecule has 1 aliphatic rings. The zero-order valence-electron chi connectivity index (χ0n) is 17.0. The van der Waals surface area contributed by atoms with Gasteiger partial charge in [0, 0.05) is 28.5 Å². The summed E-state index contributed by atoms with van der Waals surface area (Å²) in [6, 6.07) is 14.4. The van der Waals surface area contributed by atoms with Crippen LogP contribution >= 0.6 is 23.2 Å². The van der Waals surface area contributed by atoms with Crippen LogP contribution in [0.5, 0.6) is 5.75 Å². The molecule has 2 aromatic carbocycles. The molecule has 4 rings (SSSR count). The number of benzene rings is 2. The molecule has 0 saturated heterocycles. The first-order chi connectivity index (χ1) is 14.8. The summed E-state index contributed by atoms with van der Waals surface area (Å²) in [6.07, 6.45) is 1.04. The number of amides is 1. The molecule has 0 bridgehead atoms. The molecule has 0 fully saturated rings. The number of hydrogen-bond acceptors (Lipinski definition) is 4. The van der Waals surface area contributed by atoms with Crippen molar-refractivity contribution in [3.05, 3.63) is 91.8 Å². The summed E-state index contributed by atoms with van der Waals surface area (Å²) in [5.41, 5.74) is 1.02. The predicted molar refractivity (Wildman–Crippen MR) is 120 cm³/mol. The molecule has 1 unspecified atom stereocenters. The largest absolute Gasteiger partial charge is 0.502 e. The average Bonchev–Trinajstić information content (AvgIpc) is 2.72. The SMILES string of the molecule is CC(C)N1CC(C(c2cccc(Cl)c2)c2cccc(Cl)c2)n2ncc(=O)c(O)c2C1=O. The van der Waals surface area contributed by atoms with Crippen LogP contribution in [0.15, 0.2) is 59.5 Å². The van der Waals surface area contributed by atoms with E-state index < -0.39 is 23.1 Å². The molecular formula is C23H21Cl2N3O3. The molecule has 3 aromatic rings. The van der Waals surface area contributed by atoms with Crippen LogP contribution in [-0.2, 0) is 0 Å². The van der Waals surface area contributed by atoms with Crippen molar-refractivity contribution < 1.29 is 9.90 Å². The topological polar surface area (TPSA) is 75.4 Å². The summed E-state index contributed by atoms with van der Waals surface area (Å²) in [5, 5.41) is 15.9. The van der Waals surface area contributed by atoms with E-state index in [2.05, 4.69) is 5.10 Å². The standard InChI is InChI=1S/C23H21Cl2N3O3/c1-13(2)27-12-18(28-21(23(27)31)22(30)19(29)11-26-28)20(14-5-3-7-16(24)9-14)15-6-4-8-17(25)10-15/h3-11,13,18,20,30H,12H2,1-2H3. The van der Waals surface area contributed by atoms with Gasteiger partial charge in [-0.15, -0.1) is 0 Å². The number of aromatic hydroxyl groups is 1. The van der Waals surface area contributed by atoms with Crippen molar-refractivity contribution in [3.63, 3.8) is 0 Å². The lowest BCUT2D eigenvalue weighted by atomic mass is 9.83. The van der Waals surface area contributed by atoms with E-state index >= 15 is 0 Å². The number of hydrogen-bond donors (Lipinski definition) is 1. The Morgan fingerprint density at radius 1 is 1.03 bits per heavy atom. The third-order valence-corrected chi connectivity index (χ3v) is 6.04. The second kappa shape index (κ2) is 8.36. The van der Waals surface area contributed by atoms with Crippen molar-refractivity contribution in [2.75, 3.05) is 6.54 Å². The van der Waals surface area contributed by atoms with Gasteiger partial charge in [-0.25, -0.2) is 0 Å². The summed E-state index contributed by atoms with van der Waals surface area (Å²) in [4.78, 5) is 26.8. The minimum absolute atomic E-state index is 0.105. The van der Waals surface area contributed by atoms with Crippen molar-refractivity contribution in [2.24, 2.45) is 0 Å². The van der Waals surface area contributed by atoms with Crippen LogP contribution < -0.4 is 5.43 Å². The molecule has 0 radical (unpaired) electrons. The lowest BCUT2D eigenvalue weighted by molar-refractivity contribution is 0.0570. The van der Waals surface area contributed by atoms with E-state index in [9.17, 15) is 14.7 Å². The van der Waals surface area contributed by atoms with E-state index in [1.807, 2.05) is 50.2 Å². The van der Waals surface area contributed by atoms with Crippen LogP contribution in [0.25, 0.3) is 0 Å². The fourth-order valence-corrected chi connectivity index (χ4v) is 4.53. The number of nitrogens with zero attached hydrogens (tertiary/aromatic N) is 3. The fourth-order valence-electron chi connectivity index (χ4n) is 4.14. The first kappa shape index (κ1) is 21.4. The third kappa shape index (κ3) is 3.93. The Balaban J connectivity index is 1.98. The van der Waals surface area contributed by atoms with Crippen LogP contribution in [0.3, 0.4) is 0 Å². The molecule has 1 amide bonds. The molecule has 0 aliphatic carbocycles. The second-order valence-electron chi connectivity index (χ2n) is 7.86. The number of carbonyl (C=O) groups excluding carboxylic acids is 1. The van der Waals surface area contributed by atoms with Gasteiger partial charge < -0.3 is 10.0 Å². The molecule has 0 spiro atoms. The average molecular weight is 458 g/mol. The quantitative estimate of drug-likeness (QED) is 0.625. The Hall–Kier alpha value is -2.83. The maximum absolute atomic E-state index is 13.1. The molecule has 1 N–H and O–H groups in total. The second-order valence-corrected chi connectivity index (χ2v) is 8.73. The van der Waals surface area contributed by atoms with E-state index in [0.717, 1.165) is 17.3 Å². The minimum atomic E-state index is -0.689. The van der Waals surface area contributed by atoms with Crippen molar-refractivity contribution in [1.82, 2.24) is 14.7 Å². The zero-order chi connectivity index (χ0) is 22.3. The molecule has 1 atom stereocenters. The molecule has 8 heteroatoms. The summed E-state index contributed by atoms with van der Waals surface area (Å²) in [7, 11) is 0. The summed E-state index contributed by atoms with van der Waals surface area (Å²) in [5.74, 6) is -1.31. The van der Waals surface area contributed by atoms with Gasteiger partial charge in [-0.3, -0.25) is 14.3 Å². The van der Waals surface area contributed by atoms with Gasteiger partial charge in [0.1, 0.15) is 0 Å². The Kier molecular flexibility index (Phi) is 5.77. The Labute approximate surface area is 189 Å². The monoisotopic (exact) mass is 457 g/mol. The van der Waals surface area contributed by atoms with E-state index in [-0.39, 0.29) is 17.7 Å². The zero-order valence-corrected chi connectivity index (χ0v) is 18.5. The smallest absolute Gasteiger partial charge is 0.276 e. The highest BCUT2D eigenvalue weighted by Gasteiger charge is 2.40. The van der Waals surface area contributed by atoms with Crippen LogP contribution in [0.4, 0.5) is 0 Å². The lowest BCUT2D eigenvalue weighted by Gasteiger charge is -2.41. The number of aromatic nitrogens is 2. The van der Waals surface area contributed by atoms with Gasteiger partial charge in [-0.2, -0.15) is 5.10 Å². The van der Waals surface area contributed by atoms with Gasteiger partial charge >= 0.3 is 0 Å². The third-order valence-electron chi connectivity index (χ3n) is 5.57. The van der Waals surface area contributed by atoms with E-state index in [4.69, 9.17) is 23.2 Å². The van der Waals surface area contributed by atoms with Gasteiger partial charge in [0.15, 0.2) is 11.4 Å². The van der Waals surface area contributed by atoms with Crippen molar-refractivity contribution in [2.45, 2.75) is 31.8 Å². The van der Waals surface area contributed by atoms with Gasteiger partial charge in [-0.05, 0) is 49.2 Å². The van der Waals surface area contributed by atoms with Gasteiger partial charge in [0.2, 0.25) is 5.43 Å². The van der Waals surface area contributed by atoms with Crippen LogP contribution in [-0.4, -0.2) is 38.3 Å². The van der Waals surface area contributed by atoms with Crippen LogP contribution in [0.1, 0.15) is 47.4 Å². The highest BCUT2D eigenvalue weighted by molar-refractivity contribution is 6.31. The van der Waals surface area contributed by atoms with Gasteiger partial charge in [-0.1, -0.05) is 47.5 Å². The van der Waals surface area contributed by atoms with Gasteiger partial charge in [0.05, 0.1) is 12.2 Å². The van der Waals surface area contributed by atoms with Crippen molar-refractivity contribution >= 4 is 29.1 Å². The highest BCUT2D eigenvalue weighted by Crippen LogP contribution is 2.40. The van der Waals surface area contributed by atoms with E-state index in [0.29, 0.717) is 16.6 Å². The maximum Gasteiger partial charge on any atom is 0.276 e. The van der Waals surface area contributed by atoms with E-state index in [1.165, 1.54) is 4.68 Å². The van der Waals surface area contributed by atoms with Crippen molar-refractivity contribution in [3.8, 4) is 5.75 Å². The van der Waals surface area contributed by atoms with Crippen molar-refractivity contribution in [1.29, 1.82) is 0 Å². The highest BCUT2D eigenvalue weighted by atomic mass is 35.5. The fraction of sp³-hybridized carbons (Fsp3) is 0.261. The summed E-state index contributed by atoms with van der Waals surface area (Å²) >= 11 is 12.6. The maximum atomic E-state index is 13.1. The normalized spacial score (nSPS) is 16.1. The Morgan fingerprint density at radius 2 is 1.61 bits per heavy atom. The molecule has 1 aliphatic heterocycles. The number of halogens is 2. The predicted octanol–water partition coefficient (Wildman–Crippen LogP) is 4.49. The molecular weight excluding hydrogens is 437 g/mol. The van der Waals surface area contributed by atoms with Crippen LogP contribution in [0, 0.1) is 0 Å². The molecule has 2 heterocycles. The number of fused-ring (bicyclic) bond motifs is 1. The molecule has 31 heavy (non-hydrogen) atoms.